The van der Waals surface area contributed by atoms with E-state index in [4.69, 9.17) is 5.73 Å². The van der Waals surface area contributed by atoms with Crippen LogP contribution in [0, 0.1) is 0 Å². The second kappa shape index (κ2) is 8.60. The van der Waals surface area contributed by atoms with Gasteiger partial charge in [0.05, 0.1) is 28.8 Å². The summed E-state index contributed by atoms with van der Waals surface area (Å²) in [5, 5.41) is 7.25. The van der Waals surface area contributed by atoms with Crippen LogP contribution in [0.15, 0.2) is 79.4 Å². The van der Waals surface area contributed by atoms with E-state index in [2.05, 4.69) is 20.4 Å². The van der Waals surface area contributed by atoms with Gasteiger partial charge in [0.2, 0.25) is 11.9 Å². The van der Waals surface area contributed by atoms with Gasteiger partial charge in [-0.2, -0.15) is 18.3 Å². The molecule has 5 aromatic rings. The number of amides is 1. The van der Waals surface area contributed by atoms with Crippen molar-refractivity contribution in [2.75, 3.05) is 5.32 Å². The van der Waals surface area contributed by atoms with Crippen molar-refractivity contribution in [3.8, 4) is 5.69 Å². The second-order valence-electron chi connectivity index (χ2n) is 7.76. The number of hydrogen-bond donors (Lipinski definition) is 2. The lowest BCUT2D eigenvalue weighted by Crippen LogP contribution is -2.13. The summed E-state index contributed by atoms with van der Waals surface area (Å²) in [5.74, 6) is -0.311. The van der Waals surface area contributed by atoms with Crippen LogP contribution in [0.1, 0.15) is 21.5 Å². The molecule has 0 saturated carbocycles. The minimum absolute atomic E-state index is 0.0860. The summed E-state index contributed by atoms with van der Waals surface area (Å²) in [6, 6.07) is 17.3. The molecule has 176 valence electrons. The molecule has 0 bridgehead atoms. The van der Waals surface area contributed by atoms with E-state index in [1.165, 1.54) is 30.6 Å². The predicted octanol–water partition coefficient (Wildman–Crippen LogP) is 4.53. The fourth-order valence-electron chi connectivity index (χ4n) is 3.81. The lowest BCUT2D eigenvalue weighted by Gasteiger charge is -2.16. The lowest BCUT2D eigenvalue weighted by atomic mass is 10.1. The number of nitrogens with two attached hydrogens (primary N) is 1. The maximum atomic E-state index is 13.6. The van der Waals surface area contributed by atoms with Gasteiger partial charge < -0.3 is 15.6 Å². The Morgan fingerprint density at radius 3 is 2.49 bits per heavy atom. The Bertz CT molecular complexity index is 1510. The number of nitrogens with zero attached hydrogens (tertiary/aromatic N) is 5. The van der Waals surface area contributed by atoms with Crippen molar-refractivity contribution in [2.24, 2.45) is 5.73 Å². The molecule has 0 aliphatic carbocycles. The van der Waals surface area contributed by atoms with Gasteiger partial charge in [-0.3, -0.25) is 4.79 Å². The van der Waals surface area contributed by atoms with Gasteiger partial charge in [0.15, 0.2) is 0 Å². The van der Waals surface area contributed by atoms with E-state index < -0.39 is 17.6 Å². The molecular formula is C24H18F3N7O. The Labute approximate surface area is 196 Å². The van der Waals surface area contributed by atoms with Gasteiger partial charge in [-0.25, -0.2) is 14.6 Å². The van der Waals surface area contributed by atoms with Gasteiger partial charge in [0.1, 0.15) is 12.7 Å². The van der Waals surface area contributed by atoms with Crippen LogP contribution in [-0.2, 0) is 12.7 Å². The van der Waals surface area contributed by atoms with Crippen molar-refractivity contribution in [3.05, 3.63) is 96.1 Å². The summed E-state index contributed by atoms with van der Waals surface area (Å²) in [6.07, 6.45) is -1.51. The molecule has 0 radical (unpaired) electrons. The molecule has 0 aliphatic rings. The van der Waals surface area contributed by atoms with Gasteiger partial charge in [0, 0.05) is 11.3 Å². The van der Waals surface area contributed by atoms with E-state index in [-0.39, 0.29) is 17.7 Å². The average molecular weight is 477 g/mol. The molecule has 11 heteroatoms. The van der Waals surface area contributed by atoms with E-state index >= 15 is 0 Å². The monoisotopic (exact) mass is 477 g/mol. The lowest BCUT2D eigenvalue weighted by molar-refractivity contribution is -0.138. The quantitative estimate of drug-likeness (QED) is 0.374. The molecule has 1 amide bonds. The molecule has 0 atom stereocenters. The van der Waals surface area contributed by atoms with Gasteiger partial charge >= 0.3 is 6.18 Å². The number of nitrogens with one attached hydrogen (secondary N) is 1. The summed E-state index contributed by atoms with van der Waals surface area (Å²) >= 11 is 0. The van der Waals surface area contributed by atoms with Crippen molar-refractivity contribution in [1.29, 1.82) is 0 Å². The first-order valence-corrected chi connectivity index (χ1v) is 10.5. The number of carbonyl (C=O) groups is 1. The van der Waals surface area contributed by atoms with Crippen LogP contribution >= 0.6 is 0 Å². The summed E-state index contributed by atoms with van der Waals surface area (Å²) in [6.45, 7) is -0.0958. The van der Waals surface area contributed by atoms with E-state index in [0.717, 1.165) is 11.8 Å². The number of primary amides is 1. The Hall–Kier alpha value is -4.67. The zero-order valence-electron chi connectivity index (χ0n) is 18.1. The molecule has 2 heterocycles. The van der Waals surface area contributed by atoms with Crippen LogP contribution in [0.2, 0.25) is 0 Å². The van der Waals surface area contributed by atoms with Crippen LogP contribution in [0.3, 0.4) is 0 Å². The number of aromatic nitrogens is 5. The molecule has 3 N–H and O–H groups in total. The van der Waals surface area contributed by atoms with E-state index in [1.807, 2.05) is 12.1 Å². The molecular weight excluding hydrogens is 459 g/mol. The van der Waals surface area contributed by atoms with Gasteiger partial charge in [0.25, 0.3) is 0 Å². The second-order valence-corrected chi connectivity index (χ2v) is 7.76. The van der Waals surface area contributed by atoms with E-state index in [9.17, 15) is 18.0 Å². The predicted molar refractivity (Wildman–Crippen MR) is 123 cm³/mol. The number of carbonyl (C=O) groups excluding carboxylic acids is 1. The number of hydrogen-bond acceptors (Lipinski definition) is 5. The number of halogens is 3. The summed E-state index contributed by atoms with van der Waals surface area (Å²) in [5.41, 5.74) is 7.42. The number of rotatable bonds is 6. The van der Waals surface area contributed by atoms with Crippen molar-refractivity contribution in [2.45, 2.75) is 12.7 Å². The molecule has 5 rings (SSSR count). The van der Waals surface area contributed by atoms with Gasteiger partial charge in [-0.15, -0.1) is 0 Å². The molecule has 8 nitrogen and oxygen atoms in total. The SMILES string of the molecule is NC(=O)c1ccc2c(c1)nc(Nc1ccc(-n3cncn3)cc1)n2Cc1ccccc1C(F)(F)F. The Morgan fingerprint density at radius 1 is 1.03 bits per heavy atom. The van der Waals surface area contributed by atoms with Gasteiger partial charge in [-0.1, -0.05) is 18.2 Å². The molecule has 2 aromatic heterocycles. The first-order chi connectivity index (χ1) is 16.8. The molecule has 0 saturated heterocycles. The summed E-state index contributed by atoms with van der Waals surface area (Å²) in [7, 11) is 0. The zero-order chi connectivity index (χ0) is 24.6. The number of alkyl halides is 3. The highest BCUT2D eigenvalue weighted by atomic mass is 19.4. The van der Waals surface area contributed by atoms with Crippen molar-refractivity contribution in [3.63, 3.8) is 0 Å². The smallest absolute Gasteiger partial charge is 0.366 e. The minimum Gasteiger partial charge on any atom is -0.366 e. The normalized spacial score (nSPS) is 11.6. The number of fused-ring (bicyclic) bond motifs is 1. The molecule has 0 spiro atoms. The van der Waals surface area contributed by atoms with Crippen LogP contribution in [0.4, 0.5) is 24.8 Å². The summed E-state index contributed by atoms with van der Waals surface area (Å²) < 4.78 is 44.1. The average Bonchev–Trinajstić information content (AvgIpc) is 3.48. The van der Waals surface area contributed by atoms with Crippen molar-refractivity contribution >= 4 is 28.6 Å². The molecule has 35 heavy (non-hydrogen) atoms. The van der Waals surface area contributed by atoms with Crippen LogP contribution in [0.25, 0.3) is 16.7 Å². The Kier molecular flexibility index (Phi) is 5.44. The fourth-order valence-corrected chi connectivity index (χ4v) is 3.81. The van der Waals surface area contributed by atoms with Crippen LogP contribution < -0.4 is 11.1 Å². The Morgan fingerprint density at radius 2 is 1.80 bits per heavy atom. The standard InChI is InChI=1S/C24H18F3N7O/c25-24(26,27)19-4-2-1-3-16(19)12-33-21-10-5-15(22(28)35)11-20(21)32-23(33)31-17-6-8-18(9-7-17)34-14-29-13-30-34/h1-11,13-14H,12H2,(H2,28,35)(H,31,32). The zero-order valence-corrected chi connectivity index (χ0v) is 18.1. The Balaban J connectivity index is 1.56. The first-order valence-electron chi connectivity index (χ1n) is 10.5. The van der Waals surface area contributed by atoms with Crippen molar-refractivity contribution < 1.29 is 18.0 Å². The highest BCUT2D eigenvalue weighted by molar-refractivity contribution is 5.96. The third-order valence-electron chi connectivity index (χ3n) is 5.49. The number of anilines is 2. The largest absolute Gasteiger partial charge is 0.416 e. The van der Waals surface area contributed by atoms with Crippen LogP contribution in [-0.4, -0.2) is 30.2 Å². The van der Waals surface area contributed by atoms with Crippen LogP contribution in [0.5, 0.6) is 0 Å². The van der Waals surface area contributed by atoms with Gasteiger partial charge in [-0.05, 0) is 54.1 Å². The molecule has 0 fully saturated rings. The summed E-state index contributed by atoms with van der Waals surface area (Å²) in [4.78, 5) is 20.1. The molecule has 0 unspecified atom stereocenters. The third-order valence-corrected chi connectivity index (χ3v) is 5.49. The topological polar surface area (TPSA) is 104 Å². The molecule has 0 aliphatic heterocycles. The highest BCUT2D eigenvalue weighted by Gasteiger charge is 2.33. The number of benzene rings is 3. The first kappa shape index (κ1) is 22.1. The molecule has 3 aromatic carbocycles. The maximum Gasteiger partial charge on any atom is 0.416 e. The maximum absolute atomic E-state index is 13.6. The third kappa shape index (κ3) is 4.43. The van der Waals surface area contributed by atoms with E-state index in [1.54, 1.807) is 39.8 Å². The number of imidazole rings is 1. The minimum atomic E-state index is -4.50. The van der Waals surface area contributed by atoms with E-state index in [0.29, 0.717) is 22.7 Å². The fraction of sp³-hybridized carbons (Fsp3) is 0.0833. The van der Waals surface area contributed by atoms with Crippen molar-refractivity contribution in [1.82, 2.24) is 24.3 Å². The highest BCUT2D eigenvalue weighted by Crippen LogP contribution is 2.33.